The second-order valence-electron chi connectivity index (χ2n) is 8.57. The van der Waals surface area contributed by atoms with Crippen molar-refractivity contribution in [2.24, 2.45) is 0 Å². The minimum atomic E-state index is -0.252. The predicted molar refractivity (Wildman–Crippen MR) is 130 cm³/mol. The van der Waals surface area contributed by atoms with Crippen molar-refractivity contribution in [3.63, 3.8) is 0 Å². The number of rotatable bonds is 7. The van der Waals surface area contributed by atoms with E-state index in [1.807, 2.05) is 26.0 Å². The first-order valence-corrected chi connectivity index (χ1v) is 11.2. The summed E-state index contributed by atoms with van der Waals surface area (Å²) in [5, 5.41) is 0.402. The maximum atomic E-state index is 12.9. The van der Waals surface area contributed by atoms with Gasteiger partial charge in [0.25, 0.3) is 5.56 Å². The lowest BCUT2D eigenvalue weighted by Crippen LogP contribution is -2.45. The second kappa shape index (κ2) is 9.80. The maximum absolute atomic E-state index is 12.9. The van der Waals surface area contributed by atoms with Crippen LogP contribution in [0, 0.1) is 13.8 Å². The van der Waals surface area contributed by atoms with Gasteiger partial charge in [-0.2, -0.15) is 0 Å². The largest absolute Gasteiger partial charge is 0.497 e. The molecular formula is C25H32N4O4. The third kappa shape index (κ3) is 4.96. The molecule has 0 radical (unpaired) electrons. The Morgan fingerprint density at radius 3 is 2.33 bits per heavy atom. The molecule has 1 aliphatic rings. The molecule has 1 N–H and O–H groups in total. The van der Waals surface area contributed by atoms with Crippen LogP contribution in [0.4, 0.5) is 0 Å². The molecule has 33 heavy (non-hydrogen) atoms. The number of H-pyrrole nitrogens is 1. The molecule has 0 spiro atoms. The Balaban J connectivity index is 1.57. The Morgan fingerprint density at radius 2 is 1.70 bits per heavy atom. The number of nitrogens with one attached hydrogen (secondary N) is 1. The molecule has 176 valence electrons. The van der Waals surface area contributed by atoms with Crippen molar-refractivity contribution >= 4 is 10.9 Å². The summed E-state index contributed by atoms with van der Waals surface area (Å²) in [6, 6.07) is 7.42. The lowest BCUT2D eigenvalue weighted by Gasteiger charge is -2.32. The number of ether oxygens (including phenoxy) is 3. The summed E-state index contributed by atoms with van der Waals surface area (Å²) in [6.45, 7) is 9.95. The highest BCUT2D eigenvalue weighted by Crippen LogP contribution is 2.31. The molecule has 8 nitrogen and oxygen atoms in total. The van der Waals surface area contributed by atoms with Crippen LogP contribution in [0.1, 0.15) is 11.1 Å². The summed E-state index contributed by atoms with van der Waals surface area (Å²) in [5.41, 5.74) is 3.12. The molecule has 0 atom stereocenters. The van der Waals surface area contributed by atoms with Gasteiger partial charge in [0, 0.05) is 50.4 Å². The monoisotopic (exact) mass is 452 g/mol. The molecule has 1 aliphatic heterocycles. The Kier molecular flexibility index (Phi) is 6.85. The molecule has 1 saturated heterocycles. The molecule has 2 heterocycles. The average Bonchev–Trinajstić information content (AvgIpc) is 2.80. The molecule has 8 heteroatoms. The number of aryl methyl sites for hydroxylation is 2. The normalized spacial score (nSPS) is 15.1. The molecule has 2 aromatic carbocycles. The van der Waals surface area contributed by atoms with E-state index in [2.05, 4.69) is 21.8 Å². The zero-order chi connectivity index (χ0) is 23.5. The third-order valence-corrected chi connectivity index (χ3v) is 6.19. The average molecular weight is 453 g/mol. The fourth-order valence-corrected chi connectivity index (χ4v) is 4.29. The Morgan fingerprint density at radius 1 is 1.00 bits per heavy atom. The highest BCUT2D eigenvalue weighted by molar-refractivity contribution is 5.87. The van der Waals surface area contributed by atoms with Crippen LogP contribution >= 0.6 is 0 Å². The number of aromatic amines is 1. The van der Waals surface area contributed by atoms with Gasteiger partial charge in [-0.1, -0.05) is 0 Å². The van der Waals surface area contributed by atoms with Gasteiger partial charge < -0.3 is 24.1 Å². The second-order valence-corrected chi connectivity index (χ2v) is 8.57. The number of fused-ring (bicyclic) bond motifs is 1. The van der Waals surface area contributed by atoms with Gasteiger partial charge in [0.1, 0.15) is 35.1 Å². The summed E-state index contributed by atoms with van der Waals surface area (Å²) in [4.78, 5) is 25.2. The van der Waals surface area contributed by atoms with Crippen molar-refractivity contribution in [1.82, 2.24) is 19.8 Å². The quantitative estimate of drug-likeness (QED) is 0.590. The van der Waals surface area contributed by atoms with Crippen molar-refractivity contribution < 1.29 is 14.2 Å². The van der Waals surface area contributed by atoms with E-state index in [9.17, 15) is 4.79 Å². The van der Waals surface area contributed by atoms with E-state index >= 15 is 0 Å². The first-order valence-electron chi connectivity index (χ1n) is 11.2. The van der Waals surface area contributed by atoms with Gasteiger partial charge in [-0.15, -0.1) is 0 Å². The van der Waals surface area contributed by atoms with Crippen molar-refractivity contribution in [2.45, 2.75) is 13.8 Å². The summed E-state index contributed by atoms with van der Waals surface area (Å²) in [6.07, 6.45) is 0. The zero-order valence-corrected chi connectivity index (χ0v) is 20.0. The summed E-state index contributed by atoms with van der Waals surface area (Å²) >= 11 is 0. The van der Waals surface area contributed by atoms with Gasteiger partial charge in [-0.3, -0.25) is 9.69 Å². The van der Waals surface area contributed by atoms with E-state index in [0.29, 0.717) is 34.8 Å². The van der Waals surface area contributed by atoms with Crippen LogP contribution in [0.5, 0.6) is 17.2 Å². The maximum Gasteiger partial charge on any atom is 0.262 e. The van der Waals surface area contributed by atoms with Crippen LogP contribution in [0.3, 0.4) is 0 Å². The van der Waals surface area contributed by atoms with Crippen LogP contribution in [-0.2, 0) is 0 Å². The van der Waals surface area contributed by atoms with Crippen LogP contribution in [0.25, 0.3) is 22.3 Å². The van der Waals surface area contributed by atoms with E-state index < -0.39 is 0 Å². The van der Waals surface area contributed by atoms with E-state index in [0.717, 1.165) is 55.2 Å². The zero-order valence-electron chi connectivity index (χ0n) is 20.0. The number of benzene rings is 2. The van der Waals surface area contributed by atoms with E-state index in [4.69, 9.17) is 19.2 Å². The molecule has 0 saturated carbocycles. The molecule has 1 aromatic heterocycles. The summed E-state index contributed by atoms with van der Waals surface area (Å²) in [5.74, 6) is 2.40. The predicted octanol–water partition coefficient (Wildman–Crippen LogP) is 2.85. The Hall–Kier alpha value is -3.10. The fourth-order valence-electron chi connectivity index (χ4n) is 4.29. The Bertz CT molecular complexity index is 1180. The van der Waals surface area contributed by atoms with Crippen molar-refractivity contribution in [3.05, 3.63) is 45.7 Å². The Labute approximate surface area is 194 Å². The fraction of sp³-hybridized carbons (Fsp3) is 0.440. The van der Waals surface area contributed by atoms with Gasteiger partial charge >= 0.3 is 0 Å². The molecule has 0 aliphatic carbocycles. The lowest BCUT2D eigenvalue weighted by atomic mass is 10.0. The molecule has 0 amide bonds. The first-order chi connectivity index (χ1) is 15.9. The summed E-state index contributed by atoms with van der Waals surface area (Å²) in [7, 11) is 5.26. The number of likely N-dealkylation sites (N-methyl/N-ethyl adjacent to an activating group) is 1. The number of methoxy groups -OCH3 is 2. The number of aromatic nitrogens is 2. The lowest BCUT2D eigenvalue weighted by molar-refractivity contribution is 0.133. The SMILES string of the molecule is COc1cc(OC)c2c(=O)[nH]c(-c3cc(C)c(OCCN4CCN(C)CC4)c(C)c3)nc2c1. The van der Waals surface area contributed by atoms with E-state index in [1.54, 1.807) is 19.2 Å². The van der Waals surface area contributed by atoms with Gasteiger partial charge in [0.2, 0.25) is 0 Å². The summed E-state index contributed by atoms with van der Waals surface area (Å²) < 4.78 is 16.9. The topological polar surface area (TPSA) is 79.9 Å². The van der Waals surface area contributed by atoms with Crippen LogP contribution < -0.4 is 19.8 Å². The van der Waals surface area contributed by atoms with Gasteiger partial charge in [0.15, 0.2) is 0 Å². The molecule has 0 bridgehead atoms. The molecule has 3 aromatic rings. The van der Waals surface area contributed by atoms with Crippen molar-refractivity contribution in [3.8, 4) is 28.6 Å². The molecule has 0 unspecified atom stereocenters. The number of nitrogens with zero attached hydrogens (tertiary/aromatic N) is 3. The molecule has 1 fully saturated rings. The standard InChI is InChI=1S/C25H32N4O4/c1-16-12-18(13-17(2)23(16)33-11-10-29-8-6-28(3)7-9-29)24-26-20-14-19(31-4)15-21(32-5)22(20)25(30)27-24/h12-15H,6-11H2,1-5H3,(H,26,27,30). The number of piperazine rings is 1. The smallest absolute Gasteiger partial charge is 0.262 e. The van der Waals surface area contributed by atoms with E-state index in [1.165, 1.54) is 7.11 Å². The van der Waals surface area contributed by atoms with Crippen molar-refractivity contribution in [2.75, 3.05) is 60.6 Å². The number of hydrogen-bond acceptors (Lipinski definition) is 7. The third-order valence-electron chi connectivity index (χ3n) is 6.19. The molecular weight excluding hydrogens is 420 g/mol. The van der Waals surface area contributed by atoms with Crippen LogP contribution in [0.2, 0.25) is 0 Å². The van der Waals surface area contributed by atoms with Crippen LogP contribution in [0.15, 0.2) is 29.1 Å². The number of hydrogen-bond donors (Lipinski definition) is 1. The van der Waals surface area contributed by atoms with Crippen molar-refractivity contribution in [1.29, 1.82) is 0 Å². The highest BCUT2D eigenvalue weighted by Gasteiger charge is 2.16. The van der Waals surface area contributed by atoms with E-state index in [-0.39, 0.29) is 5.56 Å². The van der Waals surface area contributed by atoms with Gasteiger partial charge in [-0.25, -0.2) is 4.98 Å². The minimum absolute atomic E-state index is 0.252. The van der Waals surface area contributed by atoms with Gasteiger partial charge in [0.05, 0.1) is 19.7 Å². The first kappa shape index (κ1) is 23.1. The van der Waals surface area contributed by atoms with Crippen LogP contribution in [-0.4, -0.2) is 80.4 Å². The highest BCUT2D eigenvalue weighted by atomic mass is 16.5. The minimum Gasteiger partial charge on any atom is -0.497 e. The molecule has 4 rings (SSSR count). The van der Waals surface area contributed by atoms with Gasteiger partial charge in [-0.05, 0) is 44.2 Å².